The van der Waals surface area contributed by atoms with Crippen molar-refractivity contribution in [2.45, 2.75) is 13.3 Å². The lowest BCUT2D eigenvalue weighted by molar-refractivity contribution is -0.384. The summed E-state index contributed by atoms with van der Waals surface area (Å²) in [5.41, 5.74) is -0.316. The summed E-state index contributed by atoms with van der Waals surface area (Å²) >= 11 is 0. The van der Waals surface area contributed by atoms with E-state index in [1.54, 1.807) is 13.0 Å². The minimum absolute atomic E-state index is 0.0439. The monoisotopic (exact) mass is 319 g/mol. The third kappa shape index (κ3) is 5.06. The van der Waals surface area contributed by atoms with Gasteiger partial charge in [-0.1, -0.05) is 25.7 Å². The van der Waals surface area contributed by atoms with E-state index in [-0.39, 0.29) is 23.6 Å². The van der Waals surface area contributed by atoms with Crippen molar-refractivity contribution in [2.24, 2.45) is 5.92 Å². The van der Waals surface area contributed by atoms with Crippen LogP contribution in [-0.2, 0) is 9.53 Å². The number of hydrogen-bond donors (Lipinski definition) is 0. The van der Waals surface area contributed by atoms with E-state index < -0.39 is 22.8 Å². The smallest absolute Gasteiger partial charge is 0.349 e. The summed E-state index contributed by atoms with van der Waals surface area (Å²) in [5.74, 6) is -2.21. The Morgan fingerprint density at radius 2 is 2.04 bits per heavy atom. The number of rotatable bonds is 8. The van der Waals surface area contributed by atoms with Crippen LogP contribution >= 0.6 is 0 Å². The SMILES string of the molecule is C=CCOc1cc([N+](=O)[O-])ccc1C(=O)OC(=O)C(C)CC=C. The van der Waals surface area contributed by atoms with Crippen LogP contribution in [-0.4, -0.2) is 23.5 Å². The molecule has 0 spiro atoms. The lowest BCUT2D eigenvalue weighted by Gasteiger charge is -2.11. The first-order valence-corrected chi connectivity index (χ1v) is 6.79. The summed E-state index contributed by atoms with van der Waals surface area (Å²) < 4.78 is 10.0. The number of carbonyl (C=O) groups excluding carboxylic acids is 2. The Bertz CT molecular complexity index is 637. The molecule has 7 heteroatoms. The number of hydrogen-bond acceptors (Lipinski definition) is 6. The molecule has 7 nitrogen and oxygen atoms in total. The summed E-state index contributed by atoms with van der Waals surface area (Å²) in [6.45, 7) is 8.61. The van der Waals surface area contributed by atoms with E-state index in [1.807, 2.05) is 0 Å². The second-order valence-corrected chi connectivity index (χ2v) is 4.67. The molecular formula is C16H17NO6. The van der Waals surface area contributed by atoms with E-state index >= 15 is 0 Å². The number of ether oxygens (including phenoxy) is 2. The van der Waals surface area contributed by atoms with Crippen LogP contribution in [0.4, 0.5) is 5.69 Å². The first-order chi connectivity index (χ1) is 10.9. The fourth-order valence-electron chi connectivity index (χ4n) is 1.65. The molecule has 0 aliphatic carbocycles. The molecule has 1 aromatic rings. The molecule has 0 amide bonds. The number of carbonyl (C=O) groups is 2. The molecule has 0 radical (unpaired) electrons. The van der Waals surface area contributed by atoms with Crippen molar-refractivity contribution in [3.8, 4) is 5.75 Å². The third-order valence-corrected chi connectivity index (χ3v) is 2.87. The largest absolute Gasteiger partial charge is 0.488 e. The van der Waals surface area contributed by atoms with Crippen molar-refractivity contribution in [1.82, 2.24) is 0 Å². The van der Waals surface area contributed by atoms with E-state index in [2.05, 4.69) is 13.2 Å². The van der Waals surface area contributed by atoms with Gasteiger partial charge in [-0.15, -0.1) is 6.58 Å². The van der Waals surface area contributed by atoms with Crippen molar-refractivity contribution in [3.63, 3.8) is 0 Å². The first-order valence-electron chi connectivity index (χ1n) is 6.79. The number of non-ortho nitro benzene ring substituents is 1. The van der Waals surface area contributed by atoms with Gasteiger partial charge in [0.1, 0.15) is 17.9 Å². The van der Waals surface area contributed by atoms with Gasteiger partial charge in [-0.05, 0) is 12.5 Å². The predicted octanol–water partition coefficient (Wildman–Crippen LogP) is 3.06. The fraction of sp³-hybridized carbons (Fsp3) is 0.250. The van der Waals surface area contributed by atoms with Crippen LogP contribution < -0.4 is 4.74 Å². The molecule has 122 valence electrons. The number of nitro benzene ring substituents is 1. The molecule has 0 fully saturated rings. The van der Waals surface area contributed by atoms with E-state index in [0.717, 1.165) is 12.1 Å². The van der Waals surface area contributed by atoms with Crippen LogP contribution in [0.3, 0.4) is 0 Å². The van der Waals surface area contributed by atoms with Gasteiger partial charge in [0.25, 0.3) is 5.69 Å². The second kappa shape index (κ2) is 8.47. The zero-order valence-electron chi connectivity index (χ0n) is 12.7. The average Bonchev–Trinajstić information content (AvgIpc) is 2.52. The average molecular weight is 319 g/mol. The lowest BCUT2D eigenvalue weighted by Crippen LogP contribution is -2.19. The van der Waals surface area contributed by atoms with Crippen molar-refractivity contribution < 1.29 is 24.0 Å². The molecule has 0 aliphatic rings. The highest BCUT2D eigenvalue weighted by molar-refractivity contribution is 5.99. The van der Waals surface area contributed by atoms with Gasteiger partial charge < -0.3 is 9.47 Å². The highest BCUT2D eigenvalue weighted by Gasteiger charge is 2.23. The maximum Gasteiger partial charge on any atom is 0.349 e. The van der Waals surface area contributed by atoms with Gasteiger partial charge in [0.05, 0.1) is 16.9 Å². The van der Waals surface area contributed by atoms with Gasteiger partial charge in [-0.25, -0.2) is 4.79 Å². The summed E-state index contributed by atoms with van der Waals surface area (Å²) in [6.07, 6.45) is 3.33. The van der Waals surface area contributed by atoms with Gasteiger partial charge in [-0.3, -0.25) is 14.9 Å². The minimum Gasteiger partial charge on any atom is -0.488 e. The maximum atomic E-state index is 12.1. The van der Waals surface area contributed by atoms with Crippen molar-refractivity contribution in [1.29, 1.82) is 0 Å². The van der Waals surface area contributed by atoms with Crippen LogP contribution in [0.15, 0.2) is 43.5 Å². The number of esters is 2. The van der Waals surface area contributed by atoms with Crippen LogP contribution in [0.5, 0.6) is 5.75 Å². The fourth-order valence-corrected chi connectivity index (χ4v) is 1.65. The van der Waals surface area contributed by atoms with Gasteiger partial charge in [0, 0.05) is 6.07 Å². The van der Waals surface area contributed by atoms with E-state index in [0.29, 0.717) is 6.42 Å². The number of benzene rings is 1. The standard InChI is InChI=1S/C16H17NO6/c1-4-6-11(3)15(18)23-16(19)13-8-7-12(17(20)21)10-14(13)22-9-5-2/h4-5,7-8,10-11H,1-2,6,9H2,3H3. The van der Waals surface area contributed by atoms with Crippen molar-refractivity contribution >= 4 is 17.6 Å². The molecule has 1 aromatic carbocycles. The molecular weight excluding hydrogens is 302 g/mol. The Kier molecular flexibility index (Phi) is 6.67. The van der Waals surface area contributed by atoms with E-state index in [9.17, 15) is 19.7 Å². The minimum atomic E-state index is -0.931. The molecule has 1 unspecified atom stereocenters. The molecule has 1 atom stereocenters. The van der Waals surface area contributed by atoms with Gasteiger partial charge in [0.15, 0.2) is 0 Å². The van der Waals surface area contributed by atoms with E-state index in [1.165, 1.54) is 12.1 Å². The Balaban J connectivity index is 3.02. The third-order valence-electron chi connectivity index (χ3n) is 2.87. The van der Waals surface area contributed by atoms with Crippen LogP contribution in [0.2, 0.25) is 0 Å². The van der Waals surface area contributed by atoms with Gasteiger partial charge in [-0.2, -0.15) is 0 Å². The van der Waals surface area contributed by atoms with Gasteiger partial charge in [0.2, 0.25) is 0 Å². The van der Waals surface area contributed by atoms with Crippen LogP contribution in [0.1, 0.15) is 23.7 Å². The second-order valence-electron chi connectivity index (χ2n) is 4.67. The molecule has 1 rings (SSSR count). The number of nitro groups is 1. The normalized spacial score (nSPS) is 11.2. The highest BCUT2D eigenvalue weighted by Crippen LogP contribution is 2.26. The lowest BCUT2D eigenvalue weighted by atomic mass is 10.1. The zero-order chi connectivity index (χ0) is 17.4. The number of allylic oxidation sites excluding steroid dienone is 1. The topological polar surface area (TPSA) is 95.7 Å². The quantitative estimate of drug-likeness (QED) is 0.240. The Morgan fingerprint density at radius 3 is 2.61 bits per heavy atom. The summed E-state index contributed by atoms with van der Waals surface area (Å²) in [5, 5.41) is 10.8. The molecule has 0 saturated carbocycles. The maximum absolute atomic E-state index is 12.1. The molecule has 23 heavy (non-hydrogen) atoms. The zero-order valence-corrected chi connectivity index (χ0v) is 12.7. The Morgan fingerprint density at radius 1 is 1.35 bits per heavy atom. The number of nitrogens with zero attached hydrogens (tertiary/aromatic N) is 1. The molecule has 0 bridgehead atoms. The Hall–Kier alpha value is -2.96. The Labute approximate surface area is 133 Å². The van der Waals surface area contributed by atoms with Crippen LogP contribution in [0.25, 0.3) is 0 Å². The summed E-state index contributed by atoms with van der Waals surface area (Å²) in [6, 6.07) is 3.41. The predicted molar refractivity (Wildman–Crippen MR) is 83.2 cm³/mol. The first kappa shape index (κ1) is 18.1. The van der Waals surface area contributed by atoms with E-state index in [4.69, 9.17) is 9.47 Å². The summed E-state index contributed by atoms with van der Waals surface area (Å²) in [7, 11) is 0. The molecule has 0 aliphatic heterocycles. The molecule has 0 aromatic heterocycles. The van der Waals surface area contributed by atoms with Crippen molar-refractivity contribution in [2.75, 3.05) is 6.61 Å². The molecule has 0 N–H and O–H groups in total. The summed E-state index contributed by atoms with van der Waals surface area (Å²) in [4.78, 5) is 34.0. The highest BCUT2D eigenvalue weighted by atomic mass is 16.6. The van der Waals surface area contributed by atoms with Crippen LogP contribution in [0, 0.1) is 16.0 Å². The van der Waals surface area contributed by atoms with Gasteiger partial charge >= 0.3 is 11.9 Å². The molecule has 0 heterocycles. The van der Waals surface area contributed by atoms with Crippen molar-refractivity contribution in [3.05, 3.63) is 59.2 Å². The molecule has 0 saturated heterocycles.